The number of hydrogen-bond donors (Lipinski definition) is 4. The van der Waals surface area contributed by atoms with Crippen LogP contribution in [0.4, 0.5) is 17.3 Å². The molecule has 1 saturated heterocycles. The third-order valence-corrected chi connectivity index (χ3v) is 5.63. The number of hydrogen-bond acceptors (Lipinski definition) is 7. The Balaban J connectivity index is 1.85. The van der Waals surface area contributed by atoms with Crippen LogP contribution in [-0.2, 0) is 15.0 Å². The molecule has 1 aromatic heterocycles. The van der Waals surface area contributed by atoms with Gasteiger partial charge >= 0.3 is 0 Å². The fourth-order valence-electron chi connectivity index (χ4n) is 3.64. The summed E-state index contributed by atoms with van der Waals surface area (Å²) >= 11 is 0. The van der Waals surface area contributed by atoms with Crippen molar-refractivity contribution in [1.29, 1.82) is 0 Å². The third kappa shape index (κ3) is 5.13. The molecule has 1 fully saturated rings. The number of amides is 3. The van der Waals surface area contributed by atoms with Gasteiger partial charge in [0.05, 0.1) is 11.6 Å². The molecular weight excluding hydrogens is 410 g/mol. The van der Waals surface area contributed by atoms with Gasteiger partial charge in [0.15, 0.2) is 11.5 Å². The van der Waals surface area contributed by atoms with Crippen LogP contribution < -0.4 is 27.0 Å². The highest BCUT2D eigenvalue weighted by Crippen LogP contribution is 2.27. The zero-order chi connectivity index (χ0) is 23.5. The standard InChI is InChI=1S/C22H29N7O3/c1-13(30)26-16-5-4-10-29(12-16)17-11-25-18(19(23)31)20(28-17)27-15-8-6-14(7-9-15)22(2,3)21(24)32/h6-9,11,16H,4-5,10,12H2,1-3H3,(H2,23,31)(H2,24,32)(H,26,30)(H,27,28). The average molecular weight is 440 g/mol. The van der Waals surface area contributed by atoms with Crippen LogP contribution >= 0.6 is 0 Å². The van der Waals surface area contributed by atoms with Gasteiger partial charge in [0.25, 0.3) is 5.91 Å². The number of nitrogens with one attached hydrogen (secondary N) is 2. The summed E-state index contributed by atoms with van der Waals surface area (Å²) in [6.45, 7) is 6.37. The Morgan fingerprint density at radius 2 is 1.84 bits per heavy atom. The lowest BCUT2D eigenvalue weighted by Gasteiger charge is -2.33. The van der Waals surface area contributed by atoms with E-state index >= 15 is 0 Å². The molecule has 1 aliphatic rings. The summed E-state index contributed by atoms with van der Waals surface area (Å²) in [6, 6.07) is 7.14. The van der Waals surface area contributed by atoms with Gasteiger partial charge in [0, 0.05) is 31.7 Å². The normalized spacial score (nSPS) is 16.3. The predicted octanol–water partition coefficient (Wildman–Crippen LogP) is 1.19. The number of benzene rings is 1. The van der Waals surface area contributed by atoms with Crippen molar-refractivity contribution in [1.82, 2.24) is 15.3 Å². The molecule has 0 aliphatic carbocycles. The number of primary amides is 2. The highest BCUT2D eigenvalue weighted by atomic mass is 16.2. The maximum atomic E-state index is 11.9. The van der Waals surface area contributed by atoms with Gasteiger partial charge in [-0.2, -0.15) is 0 Å². The van der Waals surface area contributed by atoms with Gasteiger partial charge in [-0.3, -0.25) is 14.4 Å². The Morgan fingerprint density at radius 3 is 2.44 bits per heavy atom. The van der Waals surface area contributed by atoms with Crippen LogP contribution in [0.3, 0.4) is 0 Å². The second-order valence-electron chi connectivity index (χ2n) is 8.47. The minimum Gasteiger partial charge on any atom is -0.369 e. The van der Waals surface area contributed by atoms with E-state index < -0.39 is 17.2 Å². The van der Waals surface area contributed by atoms with Crippen molar-refractivity contribution in [2.75, 3.05) is 23.3 Å². The predicted molar refractivity (Wildman–Crippen MR) is 122 cm³/mol. The largest absolute Gasteiger partial charge is 0.369 e. The van der Waals surface area contributed by atoms with E-state index in [-0.39, 0.29) is 23.5 Å². The molecule has 2 aromatic rings. The number of anilines is 3. The first kappa shape index (κ1) is 23.0. The second-order valence-corrected chi connectivity index (χ2v) is 8.47. The van der Waals surface area contributed by atoms with Crippen LogP contribution in [0.2, 0.25) is 0 Å². The van der Waals surface area contributed by atoms with Gasteiger partial charge in [0.1, 0.15) is 5.82 Å². The molecule has 3 amide bonds. The van der Waals surface area contributed by atoms with E-state index in [0.717, 1.165) is 24.9 Å². The zero-order valence-electron chi connectivity index (χ0n) is 18.5. The molecule has 1 aromatic carbocycles. The molecule has 10 nitrogen and oxygen atoms in total. The number of nitrogens with two attached hydrogens (primary N) is 2. The van der Waals surface area contributed by atoms with Crippen LogP contribution in [-0.4, -0.2) is 46.8 Å². The lowest BCUT2D eigenvalue weighted by molar-refractivity contribution is -0.122. The molecule has 6 N–H and O–H groups in total. The Morgan fingerprint density at radius 1 is 1.16 bits per heavy atom. The molecule has 0 bridgehead atoms. The van der Waals surface area contributed by atoms with E-state index in [1.165, 1.54) is 13.1 Å². The topological polar surface area (TPSA) is 156 Å². The summed E-state index contributed by atoms with van der Waals surface area (Å²) in [7, 11) is 0. The Bertz CT molecular complexity index is 1020. The van der Waals surface area contributed by atoms with Crippen LogP contribution in [0, 0.1) is 0 Å². The van der Waals surface area contributed by atoms with E-state index in [4.69, 9.17) is 11.5 Å². The average Bonchev–Trinajstić information content (AvgIpc) is 2.73. The fourth-order valence-corrected chi connectivity index (χ4v) is 3.64. The first-order valence-electron chi connectivity index (χ1n) is 10.4. The van der Waals surface area contributed by atoms with Gasteiger partial charge in [-0.05, 0) is 44.4 Å². The summed E-state index contributed by atoms with van der Waals surface area (Å²) in [5.74, 6) is -0.380. The lowest BCUT2D eigenvalue weighted by Crippen LogP contribution is -2.47. The molecule has 170 valence electrons. The van der Waals surface area contributed by atoms with E-state index in [1.54, 1.807) is 38.1 Å². The van der Waals surface area contributed by atoms with Crippen molar-refractivity contribution in [3.63, 3.8) is 0 Å². The number of nitrogens with zero attached hydrogens (tertiary/aromatic N) is 3. The summed E-state index contributed by atoms with van der Waals surface area (Å²) < 4.78 is 0. The molecule has 10 heteroatoms. The molecule has 2 heterocycles. The van der Waals surface area contributed by atoms with E-state index in [0.29, 0.717) is 18.1 Å². The summed E-state index contributed by atoms with van der Waals surface area (Å²) in [4.78, 5) is 45.8. The molecule has 0 saturated carbocycles. The van der Waals surface area contributed by atoms with Gasteiger partial charge in [-0.1, -0.05) is 12.1 Å². The number of carbonyl (C=O) groups is 3. The minimum atomic E-state index is -0.810. The van der Waals surface area contributed by atoms with Crippen LogP contribution in [0.5, 0.6) is 0 Å². The Labute approximate surface area is 186 Å². The summed E-state index contributed by atoms with van der Waals surface area (Å²) in [5.41, 5.74) is 11.6. The van der Waals surface area contributed by atoms with Gasteiger partial charge < -0.3 is 27.0 Å². The third-order valence-electron chi connectivity index (χ3n) is 5.63. The maximum absolute atomic E-state index is 11.9. The number of carbonyl (C=O) groups excluding carboxylic acids is 3. The van der Waals surface area contributed by atoms with Gasteiger partial charge in [-0.15, -0.1) is 0 Å². The van der Waals surface area contributed by atoms with E-state index in [2.05, 4.69) is 20.6 Å². The van der Waals surface area contributed by atoms with Gasteiger partial charge in [0.2, 0.25) is 11.8 Å². The van der Waals surface area contributed by atoms with Crippen LogP contribution in [0.1, 0.15) is 49.7 Å². The number of aromatic nitrogens is 2. The van der Waals surface area contributed by atoms with Crippen molar-refractivity contribution < 1.29 is 14.4 Å². The Kier molecular flexibility index (Phi) is 6.61. The fraction of sp³-hybridized carbons (Fsp3) is 0.409. The van der Waals surface area contributed by atoms with E-state index in [9.17, 15) is 14.4 Å². The monoisotopic (exact) mass is 439 g/mol. The summed E-state index contributed by atoms with van der Waals surface area (Å²) in [5, 5.41) is 6.04. The number of piperidine rings is 1. The molecule has 1 atom stereocenters. The number of rotatable bonds is 7. The van der Waals surface area contributed by atoms with Crippen molar-refractivity contribution >= 4 is 35.0 Å². The van der Waals surface area contributed by atoms with Crippen molar-refractivity contribution in [2.45, 2.75) is 45.1 Å². The highest BCUT2D eigenvalue weighted by molar-refractivity contribution is 5.96. The molecule has 32 heavy (non-hydrogen) atoms. The van der Waals surface area contributed by atoms with E-state index in [1.807, 2.05) is 4.90 Å². The molecule has 0 spiro atoms. The lowest BCUT2D eigenvalue weighted by atomic mass is 9.84. The quantitative estimate of drug-likeness (QED) is 0.505. The molecule has 1 aliphatic heterocycles. The van der Waals surface area contributed by atoms with Crippen LogP contribution in [0.15, 0.2) is 30.5 Å². The smallest absolute Gasteiger partial charge is 0.271 e. The van der Waals surface area contributed by atoms with Crippen molar-refractivity contribution in [3.05, 3.63) is 41.7 Å². The first-order chi connectivity index (χ1) is 15.1. The molecule has 1 unspecified atom stereocenters. The van der Waals surface area contributed by atoms with Gasteiger partial charge in [-0.25, -0.2) is 9.97 Å². The second kappa shape index (κ2) is 9.21. The summed E-state index contributed by atoms with van der Waals surface area (Å²) in [6.07, 6.45) is 3.30. The zero-order valence-corrected chi connectivity index (χ0v) is 18.5. The highest BCUT2D eigenvalue weighted by Gasteiger charge is 2.27. The Hall–Kier alpha value is -3.69. The molecular formula is C22H29N7O3. The maximum Gasteiger partial charge on any atom is 0.271 e. The minimum absolute atomic E-state index is 0.0192. The van der Waals surface area contributed by atoms with Crippen molar-refractivity contribution in [2.24, 2.45) is 11.5 Å². The van der Waals surface area contributed by atoms with Crippen molar-refractivity contribution in [3.8, 4) is 0 Å². The molecule has 0 radical (unpaired) electrons. The SMILES string of the molecule is CC(=O)NC1CCCN(c2cnc(C(N)=O)c(Nc3ccc(C(C)(C)C(N)=O)cc3)n2)C1. The molecule has 3 rings (SSSR count). The van der Waals surface area contributed by atoms with Crippen LogP contribution in [0.25, 0.3) is 0 Å². The first-order valence-corrected chi connectivity index (χ1v) is 10.4.